The second kappa shape index (κ2) is 9.67. The van der Waals surface area contributed by atoms with Gasteiger partial charge >= 0.3 is 0 Å². The van der Waals surface area contributed by atoms with Gasteiger partial charge < -0.3 is 4.90 Å². The molecule has 0 aliphatic rings. The van der Waals surface area contributed by atoms with Crippen molar-refractivity contribution >= 4 is 11.6 Å². The average molecular weight is 372 g/mol. The second-order valence-corrected chi connectivity index (χ2v) is 8.26. The summed E-state index contributed by atoms with van der Waals surface area (Å²) in [6.07, 6.45) is 7.19. The van der Waals surface area contributed by atoms with Gasteiger partial charge in [0.25, 0.3) is 11.5 Å². The second-order valence-electron chi connectivity index (χ2n) is 8.26. The molecule has 0 radical (unpaired) electrons. The molecule has 5 heteroatoms. The van der Waals surface area contributed by atoms with Gasteiger partial charge in [-0.1, -0.05) is 46.6 Å². The number of hydrogen-bond donors (Lipinski definition) is 0. The first-order valence-electron chi connectivity index (χ1n) is 10.1. The standard InChI is InChI=1S/C22H33N3O2/c1-16(2)9-8-10-18(5)24(14-12-17(3)4)21(26)19-15-23-20-11-6-7-13-25(20)22(19)27/h6-7,11,13,15-18H,8-10,12,14H2,1-5H3. The number of pyridine rings is 1. The molecule has 0 saturated carbocycles. The SMILES string of the molecule is CC(C)CCCC(C)N(CCC(C)C)C(=O)c1cnc2ccccn2c1=O. The molecule has 0 aromatic carbocycles. The highest BCUT2D eigenvalue weighted by Gasteiger charge is 2.24. The van der Waals surface area contributed by atoms with Gasteiger partial charge in [-0.2, -0.15) is 0 Å². The van der Waals surface area contributed by atoms with Crippen LogP contribution in [0.15, 0.2) is 35.4 Å². The summed E-state index contributed by atoms with van der Waals surface area (Å²) in [7, 11) is 0. The summed E-state index contributed by atoms with van der Waals surface area (Å²) >= 11 is 0. The molecule has 148 valence electrons. The zero-order valence-corrected chi connectivity index (χ0v) is 17.3. The zero-order chi connectivity index (χ0) is 20.0. The molecule has 0 spiro atoms. The molecule has 0 aliphatic heterocycles. The van der Waals surface area contributed by atoms with Gasteiger partial charge in [0.05, 0.1) is 0 Å². The fraction of sp³-hybridized carbons (Fsp3) is 0.591. The van der Waals surface area contributed by atoms with Crippen LogP contribution >= 0.6 is 0 Å². The van der Waals surface area contributed by atoms with E-state index < -0.39 is 0 Å². The van der Waals surface area contributed by atoms with Crippen molar-refractivity contribution in [3.63, 3.8) is 0 Å². The topological polar surface area (TPSA) is 54.7 Å². The summed E-state index contributed by atoms with van der Waals surface area (Å²) in [6, 6.07) is 5.47. The van der Waals surface area contributed by atoms with Crippen molar-refractivity contribution in [2.75, 3.05) is 6.54 Å². The molecule has 2 rings (SSSR count). The molecule has 27 heavy (non-hydrogen) atoms. The van der Waals surface area contributed by atoms with Crippen LogP contribution < -0.4 is 5.56 Å². The third-order valence-corrected chi connectivity index (χ3v) is 4.99. The largest absolute Gasteiger partial charge is 0.336 e. The molecule has 2 aromatic heterocycles. The maximum Gasteiger partial charge on any atom is 0.270 e. The Morgan fingerprint density at radius 1 is 1.07 bits per heavy atom. The van der Waals surface area contributed by atoms with Gasteiger partial charge in [0.2, 0.25) is 0 Å². The molecule has 2 aromatic rings. The number of aromatic nitrogens is 2. The first-order valence-corrected chi connectivity index (χ1v) is 10.1. The smallest absolute Gasteiger partial charge is 0.270 e. The number of fused-ring (bicyclic) bond motifs is 1. The third kappa shape index (κ3) is 5.65. The van der Waals surface area contributed by atoms with Gasteiger partial charge in [-0.15, -0.1) is 0 Å². The van der Waals surface area contributed by atoms with E-state index in [0.717, 1.165) is 25.7 Å². The lowest BCUT2D eigenvalue weighted by molar-refractivity contribution is 0.0669. The van der Waals surface area contributed by atoms with Crippen LogP contribution in [0.4, 0.5) is 0 Å². The third-order valence-electron chi connectivity index (χ3n) is 4.99. The van der Waals surface area contributed by atoms with Gasteiger partial charge in [0.15, 0.2) is 0 Å². The maximum absolute atomic E-state index is 13.2. The summed E-state index contributed by atoms with van der Waals surface area (Å²) in [4.78, 5) is 32.2. The lowest BCUT2D eigenvalue weighted by Gasteiger charge is -2.30. The van der Waals surface area contributed by atoms with Gasteiger partial charge in [0.1, 0.15) is 11.2 Å². The Balaban J connectivity index is 2.27. The molecule has 1 atom stereocenters. The van der Waals surface area contributed by atoms with Crippen molar-refractivity contribution in [3.8, 4) is 0 Å². The average Bonchev–Trinajstić information content (AvgIpc) is 2.61. The van der Waals surface area contributed by atoms with Crippen LogP contribution in [0.2, 0.25) is 0 Å². The zero-order valence-electron chi connectivity index (χ0n) is 17.3. The van der Waals surface area contributed by atoms with E-state index in [9.17, 15) is 9.59 Å². The molecule has 0 aliphatic carbocycles. The highest BCUT2D eigenvalue weighted by Crippen LogP contribution is 2.16. The van der Waals surface area contributed by atoms with Gasteiger partial charge in [-0.05, 0) is 43.7 Å². The van der Waals surface area contributed by atoms with E-state index in [1.54, 1.807) is 18.3 Å². The van der Waals surface area contributed by atoms with E-state index in [1.165, 1.54) is 10.6 Å². The molecule has 1 unspecified atom stereocenters. The van der Waals surface area contributed by atoms with Crippen molar-refractivity contribution in [1.82, 2.24) is 14.3 Å². The quantitative estimate of drug-likeness (QED) is 0.656. The molecule has 0 N–H and O–H groups in total. The minimum absolute atomic E-state index is 0.103. The molecule has 5 nitrogen and oxygen atoms in total. The summed E-state index contributed by atoms with van der Waals surface area (Å²) in [5, 5.41) is 0. The normalized spacial score (nSPS) is 12.7. The van der Waals surface area contributed by atoms with E-state index in [-0.39, 0.29) is 23.1 Å². The minimum Gasteiger partial charge on any atom is -0.336 e. The van der Waals surface area contributed by atoms with E-state index in [1.807, 2.05) is 11.0 Å². The van der Waals surface area contributed by atoms with Crippen LogP contribution in [-0.4, -0.2) is 32.8 Å². The number of nitrogens with zero attached hydrogens (tertiary/aromatic N) is 3. The lowest BCUT2D eigenvalue weighted by atomic mass is 10.0. The fourth-order valence-corrected chi connectivity index (χ4v) is 3.22. The highest BCUT2D eigenvalue weighted by atomic mass is 16.2. The van der Waals surface area contributed by atoms with Crippen molar-refractivity contribution in [2.24, 2.45) is 11.8 Å². The summed E-state index contributed by atoms with van der Waals surface area (Å²) in [6.45, 7) is 11.5. The Kier molecular flexibility index (Phi) is 7.57. The van der Waals surface area contributed by atoms with Crippen molar-refractivity contribution in [1.29, 1.82) is 0 Å². The monoisotopic (exact) mass is 371 g/mol. The molecule has 0 saturated heterocycles. The Labute approximate surface area is 162 Å². The van der Waals surface area contributed by atoms with Gasteiger partial charge in [0, 0.05) is 25.0 Å². The fourth-order valence-electron chi connectivity index (χ4n) is 3.22. The first-order chi connectivity index (χ1) is 12.8. The summed E-state index contributed by atoms with van der Waals surface area (Å²) in [5.74, 6) is 0.953. The van der Waals surface area contributed by atoms with Crippen LogP contribution in [0.1, 0.15) is 70.7 Å². The summed E-state index contributed by atoms with van der Waals surface area (Å²) < 4.78 is 1.44. The Hall–Kier alpha value is -2.17. The first kappa shape index (κ1) is 21.1. The van der Waals surface area contributed by atoms with E-state index in [4.69, 9.17) is 0 Å². The van der Waals surface area contributed by atoms with Crippen molar-refractivity contribution < 1.29 is 4.79 Å². The minimum atomic E-state index is -0.297. The molecule has 2 heterocycles. The van der Waals surface area contributed by atoms with Crippen molar-refractivity contribution in [3.05, 3.63) is 46.5 Å². The Morgan fingerprint density at radius 2 is 1.78 bits per heavy atom. The van der Waals surface area contributed by atoms with Crippen LogP contribution in [0, 0.1) is 11.8 Å². The lowest BCUT2D eigenvalue weighted by Crippen LogP contribution is -2.42. The molecule has 1 amide bonds. The van der Waals surface area contributed by atoms with E-state index in [2.05, 4.69) is 39.6 Å². The van der Waals surface area contributed by atoms with Gasteiger partial charge in [-0.25, -0.2) is 4.98 Å². The number of carbonyl (C=O) groups is 1. The molecular formula is C22H33N3O2. The predicted octanol–water partition coefficient (Wildman–Crippen LogP) is 4.40. The number of carbonyl (C=O) groups excluding carboxylic acids is 1. The number of amides is 1. The predicted molar refractivity (Wildman–Crippen MR) is 110 cm³/mol. The number of hydrogen-bond acceptors (Lipinski definition) is 3. The van der Waals surface area contributed by atoms with Crippen LogP contribution in [-0.2, 0) is 0 Å². The van der Waals surface area contributed by atoms with E-state index >= 15 is 0 Å². The highest BCUT2D eigenvalue weighted by molar-refractivity contribution is 5.94. The van der Waals surface area contributed by atoms with Gasteiger partial charge in [-0.3, -0.25) is 14.0 Å². The Bertz CT molecular complexity index is 811. The Morgan fingerprint density at radius 3 is 2.44 bits per heavy atom. The van der Waals surface area contributed by atoms with Crippen LogP contribution in [0.3, 0.4) is 0 Å². The molecule has 0 fully saturated rings. The molecular weight excluding hydrogens is 338 g/mol. The van der Waals surface area contributed by atoms with E-state index in [0.29, 0.717) is 24.0 Å². The van der Waals surface area contributed by atoms with Crippen LogP contribution in [0.25, 0.3) is 5.65 Å². The van der Waals surface area contributed by atoms with Crippen LogP contribution in [0.5, 0.6) is 0 Å². The maximum atomic E-state index is 13.2. The number of rotatable bonds is 9. The van der Waals surface area contributed by atoms with Crippen molar-refractivity contribution in [2.45, 2.75) is 66.3 Å². The summed E-state index contributed by atoms with van der Waals surface area (Å²) in [5.41, 5.74) is 0.408. The molecule has 0 bridgehead atoms.